The molecule has 0 aromatic heterocycles. The first-order valence-electron chi connectivity index (χ1n) is 38.8. The lowest BCUT2D eigenvalue weighted by Gasteiger charge is -2.30. The zero-order valence-corrected chi connectivity index (χ0v) is 60.6. The molecule has 10 heteroatoms. The second-order valence-electron chi connectivity index (χ2n) is 27.9. The lowest BCUT2D eigenvalue weighted by atomic mass is 10.0. The molecule has 0 aromatic carbocycles. The molecule has 0 aliphatic rings. The Labute approximate surface area is 548 Å². The Balaban J connectivity index is 4.91. The largest absolute Gasteiger partial charge is 0.756 e. The molecule has 88 heavy (non-hydrogen) atoms. The predicted octanol–water partition coefficient (Wildman–Crippen LogP) is 24.3. The number of nitrogens with one attached hydrogen (secondary N) is 1. The number of hydrogen-bond donors (Lipinski definition) is 1. The van der Waals surface area contributed by atoms with Gasteiger partial charge in [-0.2, -0.15) is 0 Å². The van der Waals surface area contributed by atoms with Crippen LogP contribution in [0.2, 0.25) is 0 Å². The highest BCUT2D eigenvalue weighted by atomic mass is 31.2. The predicted molar refractivity (Wildman–Crippen MR) is 381 cm³/mol. The quantitative estimate of drug-likeness (QED) is 0.0212. The molecule has 0 spiro atoms. The first-order chi connectivity index (χ1) is 42.9. The molecule has 0 bridgehead atoms. The zero-order valence-electron chi connectivity index (χ0n) is 59.7. The summed E-state index contributed by atoms with van der Waals surface area (Å²) in [5.41, 5.74) is 0. The Hall–Kier alpha value is -1.77. The van der Waals surface area contributed by atoms with Crippen molar-refractivity contribution >= 4 is 19.7 Å². The number of esters is 1. The van der Waals surface area contributed by atoms with Crippen LogP contribution in [0.1, 0.15) is 400 Å². The summed E-state index contributed by atoms with van der Waals surface area (Å²) in [6.07, 6.45) is 85.7. The standard InChI is InChI=1S/C78H151N2O7P/c1-7-10-13-16-19-22-25-28-30-32-34-36-38-39-40-41-43-45-47-49-51-53-56-59-62-65-68-71-78(82)87-76(69-66-63-60-57-54-27-24-21-18-15-12-9-3)75(74-86-88(83,84)85-73-72-80(4,5)6)79-77(81)70-67-64-61-58-55-52-50-48-46-44-42-37-35-33-31-29-26-23-20-17-14-11-8-2/h19,22,28,30,66,69,75-76H,7-18,20-21,23-27,29,31-65,67-68,70-74H2,1-6H3,(H-,79,81,83,84)/b22-19-,30-28-,69-66+. The summed E-state index contributed by atoms with van der Waals surface area (Å²) in [4.78, 5) is 40.3. The Kier molecular flexibility index (Phi) is 66.7. The first kappa shape index (κ1) is 86.2. The van der Waals surface area contributed by atoms with Crippen molar-refractivity contribution in [3.05, 3.63) is 36.5 Å². The number of ether oxygens (including phenoxy) is 1. The van der Waals surface area contributed by atoms with Crippen molar-refractivity contribution in [2.75, 3.05) is 40.9 Å². The molecule has 0 fully saturated rings. The van der Waals surface area contributed by atoms with Gasteiger partial charge in [-0.15, -0.1) is 0 Å². The van der Waals surface area contributed by atoms with Crippen molar-refractivity contribution in [3.8, 4) is 0 Å². The van der Waals surface area contributed by atoms with Crippen molar-refractivity contribution in [1.29, 1.82) is 0 Å². The van der Waals surface area contributed by atoms with Crippen molar-refractivity contribution < 1.29 is 37.3 Å². The van der Waals surface area contributed by atoms with Crippen LogP contribution in [-0.4, -0.2) is 69.4 Å². The van der Waals surface area contributed by atoms with E-state index in [1.807, 2.05) is 33.3 Å². The summed E-state index contributed by atoms with van der Waals surface area (Å²) >= 11 is 0. The molecular formula is C78H151N2O7P. The average Bonchev–Trinajstić information content (AvgIpc) is 3.61. The van der Waals surface area contributed by atoms with Gasteiger partial charge in [0.2, 0.25) is 5.91 Å². The Morgan fingerprint density at radius 2 is 0.693 bits per heavy atom. The van der Waals surface area contributed by atoms with Crippen LogP contribution in [0, 0.1) is 0 Å². The van der Waals surface area contributed by atoms with Crippen LogP contribution in [0.3, 0.4) is 0 Å². The highest BCUT2D eigenvalue weighted by Crippen LogP contribution is 2.38. The highest BCUT2D eigenvalue weighted by Gasteiger charge is 2.27. The molecule has 0 radical (unpaired) electrons. The van der Waals surface area contributed by atoms with E-state index in [-0.39, 0.29) is 31.5 Å². The van der Waals surface area contributed by atoms with E-state index < -0.39 is 20.0 Å². The van der Waals surface area contributed by atoms with Gasteiger partial charge in [-0.1, -0.05) is 359 Å². The molecule has 3 unspecified atom stereocenters. The minimum atomic E-state index is -4.70. The molecule has 9 nitrogen and oxygen atoms in total. The van der Waals surface area contributed by atoms with Crippen LogP contribution in [0.15, 0.2) is 36.5 Å². The number of carbonyl (C=O) groups is 2. The second-order valence-corrected chi connectivity index (χ2v) is 29.3. The van der Waals surface area contributed by atoms with E-state index in [0.717, 1.165) is 64.2 Å². The maximum atomic E-state index is 13.6. The van der Waals surface area contributed by atoms with E-state index in [0.29, 0.717) is 17.4 Å². The van der Waals surface area contributed by atoms with Crippen LogP contribution in [0.4, 0.5) is 0 Å². The Morgan fingerprint density at radius 1 is 0.398 bits per heavy atom. The zero-order chi connectivity index (χ0) is 64.2. The third-order valence-corrected chi connectivity index (χ3v) is 18.8. The number of phosphoric ester groups is 1. The van der Waals surface area contributed by atoms with Crippen LogP contribution in [0.25, 0.3) is 0 Å². The van der Waals surface area contributed by atoms with Gasteiger partial charge in [0, 0.05) is 12.8 Å². The van der Waals surface area contributed by atoms with E-state index in [1.165, 1.54) is 302 Å². The maximum absolute atomic E-state index is 13.6. The summed E-state index contributed by atoms with van der Waals surface area (Å²) in [5, 5.41) is 3.06. The van der Waals surface area contributed by atoms with Crippen LogP contribution < -0.4 is 10.2 Å². The van der Waals surface area contributed by atoms with E-state index in [4.69, 9.17) is 13.8 Å². The third kappa shape index (κ3) is 68.6. The molecule has 0 saturated heterocycles. The summed E-state index contributed by atoms with van der Waals surface area (Å²) in [6.45, 7) is 6.90. The Bertz CT molecular complexity index is 1600. The molecular weight excluding hydrogens is 1110 g/mol. The first-order valence-corrected chi connectivity index (χ1v) is 40.3. The molecule has 0 saturated carbocycles. The number of unbranched alkanes of at least 4 members (excludes halogenated alkanes) is 52. The SMILES string of the molecule is CCCCC/C=C\C/C=C\CCCCCCCCCCCCCCCCCCCC(=O)OC(/C=C/CCCCCCCCCCCC)C(COP(=O)([O-])OCC[N+](C)(C)C)NC(=O)CCCCCCCCCCCCCCCCCCCCCCCCC. The van der Waals surface area contributed by atoms with Crippen molar-refractivity contribution in [1.82, 2.24) is 5.32 Å². The molecule has 0 rings (SSSR count). The van der Waals surface area contributed by atoms with Gasteiger partial charge in [0.25, 0.3) is 7.82 Å². The molecule has 0 aromatic rings. The van der Waals surface area contributed by atoms with Gasteiger partial charge in [-0.25, -0.2) is 0 Å². The average molecular weight is 1260 g/mol. The Morgan fingerprint density at radius 3 is 1.05 bits per heavy atom. The van der Waals surface area contributed by atoms with Crippen LogP contribution in [-0.2, 0) is 27.9 Å². The van der Waals surface area contributed by atoms with Gasteiger partial charge in [0.1, 0.15) is 19.3 Å². The lowest BCUT2D eigenvalue weighted by Crippen LogP contribution is -2.47. The third-order valence-electron chi connectivity index (χ3n) is 17.8. The summed E-state index contributed by atoms with van der Waals surface area (Å²) in [5.74, 6) is -0.515. The molecule has 1 amide bonds. The number of likely N-dealkylation sites (N-methyl/N-ethyl adjacent to an activating group) is 1. The number of nitrogens with zero attached hydrogens (tertiary/aromatic N) is 1. The van der Waals surface area contributed by atoms with Gasteiger partial charge < -0.3 is 28.5 Å². The topological polar surface area (TPSA) is 114 Å². The van der Waals surface area contributed by atoms with Gasteiger partial charge in [0.05, 0.1) is 33.8 Å². The highest BCUT2D eigenvalue weighted by molar-refractivity contribution is 7.45. The molecule has 1 N–H and O–H groups in total. The number of hydrogen-bond acceptors (Lipinski definition) is 7. The molecule has 0 aliphatic heterocycles. The molecule has 3 atom stereocenters. The summed E-state index contributed by atoms with van der Waals surface area (Å²) in [7, 11) is 1.21. The second kappa shape index (κ2) is 68.1. The summed E-state index contributed by atoms with van der Waals surface area (Å²) in [6, 6.07) is -0.884. The molecule has 520 valence electrons. The van der Waals surface area contributed by atoms with E-state index >= 15 is 0 Å². The molecule has 0 aliphatic carbocycles. The number of carbonyl (C=O) groups excluding carboxylic acids is 2. The van der Waals surface area contributed by atoms with Crippen LogP contribution in [0.5, 0.6) is 0 Å². The van der Waals surface area contributed by atoms with Gasteiger partial charge in [-0.3, -0.25) is 14.2 Å². The van der Waals surface area contributed by atoms with Gasteiger partial charge in [-0.05, 0) is 63.9 Å². The van der Waals surface area contributed by atoms with Crippen LogP contribution >= 0.6 is 7.82 Å². The number of rotatable bonds is 72. The number of amides is 1. The van der Waals surface area contributed by atoms with E-state index in [9.17, 15) is 19.0 Å². The minimum absolute atomic E-state index is 0.0183. The van der Waals surface area contributed by atoms with Crippen molar-refractivity contribution in [3.63, 3.8) is 0 Å². The summed E-state index contributed by atoms with van der Waals surface area (Å²) < 4.78 is 30.5. The normalized spacial score (nSPS) is 13.6. The van der Waals surface area contributed by atoms with Gasteiger partial charge >= 0.3 is 5.97 Å². The maximum Gasteiger partial charge on any atom is 0.306 e. The van der Waals surface area contributed by atoms with E-state index in [2.05, 4.69) is 50.4 Å². The lowest BCUT2D eigenvalue weighted by molar-refractivity contribution is -0.870. The number of quaternary nitrogens is 1. The molecule has 0 heterocycles. The monoisotopic (exact) mass is 1260 g/mol. The van der Waals surface area contributed by atoms with Gasteiger partial charge in [0.15, 0.2) is 0 Å². The van der Waals surface area contributed by atoms with Crippen molar-refractivity contribution in [2.24, 2.45) is 0 Å². The number of allylic oxidation sites excluding steroid dienone is 5. The number of phosphoric acid groups is 1. The van der Waals surface area contributed by atoms with Crippen molar-refractivity contribution in [2.45, 2.75) is 412 Å². The fourth-order valence-corrected chi connectivity index (χ4v) is 12.6. The smallest absolute Gasteiger partial charge is 0.306 e. The minimum Gasteiger partial charge on any atom is -0.756 e. The van der Waals surface area contributed by atoms with E-state index in [1.54, 1.807) is 0 Å². The fourth-order valence-electron chi connectivity index (χ4n) is 11.9. The fraction of sp³-hybridized carbons (Fsp3) is 0.897.